The maximum atomic E-state index is 6.24. The van der Waals surface area contributed by atoms with Crippen molar-refractivity contribution >= 4 is 0 Å². The highest BCUT2D eigenvalue weighted by Gasteiger charge is 2.14. The van der Waals surface area contributed by atoms with E-state index in [4.69, 9.17) is 5.73 Å². The van der Waals surface area contributed by atoms with E-state index in [1.54, 1.807) is 0 Å². The molecule has 2 N–H and O–H groups in total. The molecule has 0 aliphatic rings. The lowest BCUT2D eigenvalue weighted by Crippen LogP contribution is -2.15. The van der Waals surface area contributed by atoms with Crippen molar-refractivity contribution in [3.63, 3.8) is 0 Å². The molecule has 16 heavy (non-hydrogen) atoms. The average molecular weight is 219 g/mol. The summed E-state index contributed by atoms with van der Waals surface area (Å²) in [5.74, 6) is 0. The monoisotopic (exact) mass is 219 g/mol. The molecule has 0 amide bonds. The molecule has 0 spiro atoms. The first-order valence-electron chi connectivity index (χ1n) is 6.12. The van der Waals surface area contributed by atoms with Crippen molar-refractivity contribution in [2.45, 2.75) is 53.5 Å². The smallest absolute Gasteiger partial charge is 0.0295 e. The predicted molar refractivity (Wildman–Crippen MR) is 71.5 cm³/mol. The number of rotatable bonds is 3. The summed E-state index contributed by atoms with van der Waals surface area (Å²) in [7, 11) is 0. The van der Waals surface area contributed by atoms with Crippen molar-refractivity contribution < 1.29 is 0 Å². The molecule has 0 bridgehead atoms. The highest BCUT2D eigenvalue weighted by molar-refractivity contribution is 5.30. The van der Waals surface area contributed by atoms with Crippen LogP contribution in [0.5, 0.6) is 0 Å². The standard InChI is InChI=1S/C15H25N/c1-11-8-12(2)10-13(9-11)14(16)6-7-15(3,4)5/h8-10,14H,6-7,16H2,1-5H3. The summed E-state index contributed by atoms with van der Waals surface area (Å²) in [5.41, 5.74) is 10.5. The van der Waals surface area contributed by atoms with Crippen LogP contribution in [0.4, 0.5) is 0 Å². The fourth-order valence-corrected chi connectivity index (χ4v) is 1.98. The van der Waals surface area contributed by atoms with Gasteiger partial charge in [0.15, 0.2) is 0 Å². The molecule has 0 aromatic heterocycles. The van der Waals surface area contributed by atoms with Crippen molar-refractivity contribution in [2.24, 2.45) is 11.1 Å². The fourth-order valence-electron chi connectivity index (χ4n) is 1.98. The normalized spacial score (nSPS) is 13.9. The van der Waals surface area contributed by atoms with Crippen LogP contribution in [-0.2, 0) is 0 Å². The first-order valence-corrected chi connectivity index (χ1v) is 6.12. The van der Waals surface area contributed by atoms with Gasteiger partial charge in [-0.3, -0.25) is 0 Å². The van der Waals surface area contributed by atoms with E-state index < -0.39 is 0 Å². The van der Waals surface area contributed by atoms with Gasteiger partial charge in [-0.25, -0.2) is 0 Å². The number of hydrogen-bond acceptors (Lipinski definition) is 1. The molecule has 0 fully saturated rings. The molecule has 1 aromatic rings. The summed E-state index contributed by atoms with van der Waals surface area (Å²) < 4.78 is 0. The molecule has 1 nitrogen and oxygen atoms in total. The van der Waals surface area contributed by atoms with Gasteiger partial charge in [0.2, 0.25) is 0 Å². The van der Waals surface area contributed by atoms with Crippen LogP contribution < -0.4 is 5.73 Å². The molecule has 0 saturated carbocycles. The molecule has 1 rings (SSSR count). The minimum Gasteiger partial charge on any atom is -0.324 e. The lowest BCUT2D eigenvalue weighted by molar-refractivity contribution is 0.350. The molecular weight excluding hydrogens is 194 g/mol. The van der Waals surface area contributed by atoms with Crippen LogP contribution in [0.1, 0.15) is 56.3 Å². The van der Waals surface area contributed by atoms with E-state index in [1.165, 1.54) is 23.1 Å². The first-order chi connectivity index (χ1) is 7.28. The highest BCUT2D eigenvalue weighted by atomic mass is 14.6. The van der Waals surface area contributed by atoms with Crippen LogP contribution in [0.25, 0.3) is 0 Å². The number of hydrogen-bond donors (Lipinski definition) is 1. The van der Waals surface area contributed by atoms with Gasteiger partial charge in [0.25, 0.3) is 0 Å². The molecule has 0 saturated heterocycles. The van der Waals surface area contributed by atoms with Gasteiger partial charge in [0.05, 0.1) is 0 Å². The van der Waals surface area contributed by atoms with E-state index in [9.17, 15) is 0 Å². The number of benzene rings is 1. The SMILES string of the molecule is Cc1cc(C)cc(C(N)CCC(C)(C)C)c1. The van der Waals surface area contributed by atoms with E-state index >= 15 is 0 Å². The van der Waals surface area contributed by atoms with Crippen LogP contribution in [0, 0.1) is 19.3 Å². The minimum absolute atomic E-state index is 0.179. The van der Waals surface area contributed by atoms with Crippen molar-refractivity contribution in [2.75, 3.05) is 0 Å². The second kappa shape index (κ2) is 5.01. The van der Waals surface area contributed by atoms with Crippen molar-refractivity contribution in [1.82, 2.24) is 0 Å². The molecule has 1 heteroatoms. The van der Waals surface area contributed by atoms with Crippen molar-refractivity contribution in [3.8, 4) is 0 Å². The topological polar surface area (TPSA) is 26.0 Å². The van der Waals surface area contributed by atoms with Gasteiger partial charge in [-0.15, -0.1) is 0 Å². The first kappa shape index (κ1) is 13.2. The Morgan fingerprint density at radius 3 is 2.00 bits per heavy atom. The second-order valence-electron chi connectivity index (χ2n) is 6.13. The Hall–Kier alpha value is -0.820. The van der Waals surface area contributed by atoms with E-state index in [0.29, 0.717) is 5.41 Å². The maximum absolute atomic E-state index is 6.24. The molecular formula is C15H25N. The Morgan fingerprint density at radius 1 is 1.06 bits per heavy atom. The molecule has 0 radical (unpaired) electrons. The zero-order valence-electron chi connectivity index (χ0n) is 11.3. The molecule has 1 aromatic carbocycles. The Morgan fingerprint density at radius 2 is 1.56 bits per heavy atom. The van der Waals surface area contributed by atoms with Crippen LogP contribution in [0.15, 0.2) is 18.2 Å². The Kier molecular flexibility index (Phi) is 4.15. The molecule has 0 aliphatic carbocycles. The Balaban J connectivity index is 2.69. The Labute approximate surface area is 100 Å². The molecule has 90 valence electrons. The number of aryl methyl sites for hydroxylation is 2. The highest BCUT2D eigenvalue weighted by Crippen LogP contribution is 2.26. The quantitative estimate of drug-likeness (QED) is 0.812. The largest absolute Gasteiger partial charge is 0.324 e. The van der Waals surface area contributed by atoms with Crippen molar-refractivity contribution in [1.29, 1.82) is 0 Å². The van der Waals surface area contributed by atoms with Gasteiger partial charge >= 0.3 is 0 Å². The van der Waals surface area contributed by atoms with Crippen molar-refractivity contribution in [3.05, 3.63) is 34.9 Å². The summed E-state index contributed by atoms with van der Waals surface area (Å²) in [5, 5.41) is 0. The lowest BCUT2D eigenvalue weighted by Gasteiger charge is -2.21. The van der Waals surface area contributed by atoms with Gasteiger partial charge in [-0.1, -0.05) is 50.1 Å². The van der Waals surface area contributed by atoms with Crippen LogP contribution in [0.3, 0.4) is 0 Å². The van der Waals surface area contributed by atoms with E-state index in [1.807, 2.05) is 0 Å². The molecule has 1 atom stereocenters. The zero-order valence-corrected chi connectivity index (χ0v) is 11.3. The second-order valence-corrected chi connectivity index (χ2v) is 6.13. The van der Waals surface area contributed by atoms with E-state index in [0.717, 1.165) is 6.42 Å². The fraction of sp³-hybridized carbons (Fsp3) is 0.600. The van der Waals surface area contributed by atoms with Gasteiger partial charge in [0, 0.05) is 6.04 Å². The minimum atomic E-state index is 0.179. The van der Waals surface area contributed by atoms with Gasteiger partial charge in [0.1, 0.15) is 0 Å². The van der Waals surface area contributed by atoms with Gasteiger partial charge in [-0.05, 0) is 37.7 Å². The summed E-state index contributed by atoms with van der Waals surface area (Å²) in [6.07, 6.45) is 2.23. The third kappa shape index (κ3) is 4.36. The van der Waals surface area contributed by atoms with Gasteiger partial charge in [-0.2, -0.15) is 0 Å². The average Bonchev–Trinajstić information content (AvgIpc) is 2.11. The summed E-state index contributed by atoms with van der Waals surface area (Å²) in [6.45, 7) is 11.1. The summed E-state index contributed by atoms with van der Waals surface area (Å²) in [4.78, 5) is 0. The molecule has 0 aliphatic heterocycles. The maximum Gasteiger partial charge on any atom is 0.0295 e. The molecule has 1 unspecified atom stereocenters. The zero-order chi connectivity index (χ0) is 12.3. The third-order valence-electron chi connectivity index (χ3n) is 2.88. The summed E-state index contributed by atoms with van der Waals surface area (Å²) >= 11 is 0. The van der Waals surface area contributed by atoms with Crippen LogP contribution in [0.2, 0.25) is 0 Å². The lowest BCUT2D eigenvalue weighted by atomic mass is 9.87. The molecule has 0 heterocycles. The van der Waals surface area contributed by atoms with E-state index in [2.05, 4.69) is 52.8 Å². The van der Waals surface area contributed by atoms with Crippen LogP contribution >= 0.6 is 0 Å². The number of nitrogens with two attached hydrogens (primary N) is 1. The third-order valence-corrected chi connectivity index (χ3v) is 2.88. The van der Waals surface area contributed by atoms with Crippen LogP contribution in [-0.4, -0.2) is 0 Å². The van der Waals surface area contributed by atoms with E-state index in [-0.39, 0.29) is 6.04 Å². The summed E-state index contributed by atoms with van der Waals surface area (Å²) in [6, 6.07) is 6.79. The van der Waals surface area contributed by atoms with Gasteiger partial charge < -0.3 is 5.73 Å². The predicted octanol–water partition coefficient (Wildman–Crippen LogP) is 4.13. The Bertz CT molecular complexity index is 327.